The largest absolute Gasteiger partial charge is 0.469 e. The maximum atomic E-state index is 11.1. The highest BCUT2D eigenvalue weighted by Gasteiger charge is 2.33. The number of rotatable bonds is 18. The van der Waals surface area contributed by atoms with E-state index in [2.05, 4.69) is 11.7 Å². The minimum Gasteiger partial charge on any atom is -0.469 e. The Balaban J connectivity index is 2.01. The van der Waals surface area contributed by atoms with Crippen molar-refractivity contribution in [3.63, 3.8) is 0 Å². The number of hydrogen-bond acceptors (Lipinski definition) is 5. The highest BCUT2D eigenvalue weighted by Crippen LogP contribution is 2.28. The fraction of sp³-hybridized carbons (Fsp3) is 0.958. The van der Waals surface area contributed by atoms with Crippen molar-refractivity contribution in [1.29, 1.82) is 0 Å². The molecule has 0 aromatic heterocycles. The molecule has 4 atom stereocenters. The molecule has 1 heterocycles. The monoisotopic (exact) mass is 414 g/mol. The molecule has 0 saturated carbocycles. The number of aliphatic hydroxyl groups is 2. The van der Waals surface area contributed by atoms with Gasteiger partial charge in [0, 0.05) is 6.42 Å². The predicted octanol–water partition coefficient (Wildman–Crippen LogP) is 5.30. The van der Waals surface area contributed by atoms with Gasteiger partial charge in [0.25, 0.3) is 0 Å². The van der Waals surface area contributed by atoms with Gasteiger partial charge in [-0.1, -0.05) is 77.6 Å². The first-order valence-electron chi connectivity index (χ1n) is 12.2. The molecule has 0 unspecified atom stereocenters. The van der Waals surface area contributed by atoms with E-state index in [1.165, 1.54) is 64.9 Å². The van der Waals surface area contributed by atoms with Gasteiger partial charge in [-0.05, 0) is 32.1 Å². The molecule has 172 valence electrons. The second kappa shape index (κ2) is 17.1. The summed E-state index contributed by atoms with van der Waals surface area (Å²) in [6.45, 7) is 2.25. The molecule has 0 spiro atoms. The third-order valence-electron chi connectivity index (χ3n) is 6.16. The van der Waals surface area contributed by atoms with Crippen LogP contribution in [0.1, 0.15) is 116 Å². The van der Waals surface area contributed by atoms with Crippen LogP contribution in [0.5, 0.6) is 0 Å². The number of methoxy groups -OCH3 is 1. The highest BCUT2D eigenvalue weighted by molar-refractivity contribution is 5.68. The molecule has 0 radical (unpaired) electrons. The summed E-state index contributed by atoms with van der Waals surface area (Å²) in [6, 6.07) is 0. The first-order valence-corrected chi connectivity index (χ1v) is 12.2. The first-order chi connectivity index (χ1) is 14.1. The molecular formula is C24H46O5. The average molecular weight is 415 g/mol. The van der Waals surface area contributed by atoms with Crippen LogP contribution in [0.25, 0.3) is 0 Å². The second-order valence-electron chi connectivity index (χ2n) is 8.72. The molecule has 5 nitrogen and oxygen atoms in total. The number of carbonyl (C=O) groups is 1. The molecule has 0 amide bonds. The normalized spacial score (nSPS) is 21.2. The third-order valence-corrected chi connectivity index (χ3v) is 6.16. The van der Waals surface area contributed by atoms with Gasteiger partial charge in [0.1, 0.15) is 0 Å². The Labute approximate surface area is 178 Å². The van der Waals surface area contributed by atoms with E-state index in [1.807, 2.05) is 0 Å². The zero-order valence-corrected chi connectivity index (χ0v) is 18.9. The molecule has 0 bridgehead atoms. The number of hydrogen-bond donors (Lipinski definition) is 2. The van der Waals surface area contributed by atoms with Crippen LogP contribution in [-0.4, -0.2) is 47.7 Å². The van der Waals surface area contributed by atoms with E-state index in [0.29, 0.717) is 12.8 Å². The van der Waals surface area contributed by atoms with Crippen molar-refractivity contribution < 1.29 is 24.5 Å². The summed E-state index contributed by atoms with van der Waals surface area (Å²) in [5.74, 6) is -0.202. The molecule has 5 heteroatoms. The summed E-state index contributed by atoms with van der Waals surface area (Å²) in [7, 11) is 1.39. The third kappa shape index (κ3) is 12.6. The quantitative estimate of drug-likeness (QED) is 0.235. The lowest BCUT2D eigenvalue weighted by Crippen LogP contribution is -2.31. The summed E-state index contributed by atoms with van der Waals surface area (Å²) in [5.41, 5.74) is 0. The van der Waals surface area contributed by atoms with Crippen LogP contribution < -0.4 is 0 Å². The van der Waals surface area contributed by atoms with Crippen LogP contribution in [-0.2, 0) is 14.3 Å². The van der Waals surface area contributed by atoms with E-state index in [-0.39, 0.29) is 18.2 Å². The van der Waals surface area contributed by atoms with E-state index in [1.54, 1.807) is 0 Å². The van der Waals surface area contributed by atoms with E-state index >= 15 is 0 Å². The summed E-state index contributed by atoms with van der Waals surface area (Å²) in [6.07, 6.45) is 16.7. The molecule has 0 aromatic carbocycles. The smallest absolute Gasteiger partial charge is 0.305 e. The maximum Gasteiger partial charge on any atom is 0.305 e. The van der Waals surface area contributed by atoms with Gasteiger partial charge in [-0.2, -0.15) is 0 Å². The molecule has 1 aliphatic heterocycles. The molecule has 2 N–H and O–H groups in total. The fourth-order valence-corrected chi connectivity index (χ4v) is 4.19. The molecule has 1 aliphatic rings. The lowest BCUT2D eigenvalue weighted by molar-refractivity contribution is -0.140. The van der Waals surface area contributed by atoms with Crippen molar-refractivity contribution in [2.75, 3.05) is 7.11 Å². The Bertz CT molecular complexity index is 401. The van der Waals surface area contributed by atoms with Crippen molar-refractivity contribution >= 4 is 5.97 Å². The number of esters is 1. The summed E-state index contributed by atoms with van der Waals surface area (Å²) >= 11 is 0. The highest BCUT2D eigenvalue weighted by atomic mass is 16.5. The molecular weight excluding hydrogens is 368 g/mol. The first kappa shape index (κ1) is 26.4. The SMILES string of the molecule is CCCCCCCCCCCC[C@@H](O)[C@@H]1CC[C@@H]([C@H](O)CCCCC(=O)OC)O1. The van der Waals surface area contributed by atoms with Gasteiger partial charge in [-0.15, -0.1) is 0 Å². The van der Waals surface area contributed by atoms with Crippen LogP contribution in [0.3, 0.4) is 0 Å². The van der Waals surface area contributed by atoms with Crippen LogP contribution in [0, 0.1) is 0 Å². The summed E-state index contributed by atoms with van der Waals surface area (Å²) < 4.78 is 10.6. The summed E-state index contributed by atoms with van der Waals surface area (Å²) in [4.78, 5) is 11.1. The van der Waals surface area contributed by atoms with E-state index in [9.17, 15) is 15.0 Å². The molecule has 0 aromatic rings. The van der Waals surface area contributed by atoms with Crippen LogP contribution >= 0.6 is 0 Å². The maximum absolute atomic E-state index is 11.1. The van der Waals surface area contributed by atoms with Crippen molar-refractivity contribution in [3.05, 3.63) is 0 Å². The Morgan fingerprint density at radius 2 is 1.28 bits per heavy atom. The van der Waals surface area contributed by atoms with Crippen molar-refractivity contribution in [2.24, 2.45) is 0 Å². The van der Waals surface area contributed by atoms with E-state index in [0.717, 1.165) is 38.5 Å². The lowest BCUT2D eigenvalue weighted by atomic mass is 10.0. The fourth-order valence-electron chi connectivity index (χ4n) is 4.19. The van der Waals surface area contributed by atoms with E-state index < -0.39 is 12.2 Å². The number of ether oxygens (including phenoxy) is 2. The van der Waals surface area contributed by atoms with Crippen molar-refractivity contribution in [2.45, 2.75) is 140 Å². The van der Waals surface area contributed by atoms with Gasteiger partial charge in [-0.25, -0.2) is 0 Å². The molecule has 1 fully saturated rings. The Hall–Kier alpha value is -0.650. The van der Waals surface area contributed by atoms with Gasteiger partial charge in [0.2, 0.25) is 0 Å². The molecule has 29 heavy (non-hydrogen) atoms. The van der Waals surface area contributed by atoms with Crippen LogP contribution in [0.4, 0.5) is 0 Å². The minimum absolute atomic E-state index is 0.136. The van der Waals surface area contributed by atoms with E-state index in [4.69, 9.17) is 4.74 Å². The van der Waals surface area contributed by atoms with Gasteiger partial charge in [0.05, 0.1) is 31.5 Å². The zero-order valence-electron chi connectivity index (χ0n) is 18.9. The molecule has 1 saturated heterocycles. The van der Waals surface area contributed by atoms with Gasteiger partial charge in [-0.3, -0.25) is 4.79 Å². The summed E-state index contributed by atoms with van der Waals surface area (Å²) in [5, 5.41) is 20.7. The second-order valence-corrected chi connectivity index (χ2v) is 8.72. The molecule has 0 aliphatic carbocycles. The van der Waals surface area contributed by atoms with Crippen LogP contribution in [0.2, 0.25) is 0 Å². The average Bonchev–Trinajstić information content (AvgIpc) is 3.22. The van der Waals surface area contributed by atoms with Crippen LogP contribution in [0.15, 0.2) is 0 Å². The van der Waals surface area contributed by atoms with Gasteiger partial charge < -0.3 is 19.7 Å². The van der Waals surface area contributed by atoms with Gasteiger partial charge >= 0.3 is 5.97 Å². The predicted molar refractivity (Wildman–Crippen MR) is 117 cm³/mol. The van der Waals surface area contributed by atoms with Crippen molar-refractivity contribution in [3.8, 4) is 0 Å². The number of carbonyl (C=O) groups excluding carboxylic acids is 1. The minimum atomic E-state index is -0.512. The lowest BCUT2D eigenvalue weighted by Gasteiger charge is -2.22. The number of aliphatic hydroxyl groups excluding tert-OH is 2. The molecule has 1 rings (SSSR count). The Morgan fingerprint density at radius 1 is 0.828 bits per heavy atom. The van der Waals surface area contributed by atoms with Gasteiger partial charge in [0.15, 0.2) is 0 Å². The van der Waals surface area contributed by atoms with Crippen molar-refractivity contribution in [1.82, 2.24) is 0 Å². The number of unbranched alkanes of at least 4 members (excludes halogenated alkanes) is 10. The Kier molecular flexibility index (Phi) is 15.5. The topological polar surface area (TPSA) is 76.0 Å². The zero-order chi connectivity index (χ0) is 21.3. The standard InChI is InChI=1S/C24H46O5/c1-3-4-5-6-7-8-9-10-11-12-15-20(25)22-18-19-23(29-22)21(26)16-13-14-17-24(27)28-2/h20-23,25-26H,3-19H2,1-2H3/t20-,21-,22+,23+/m1/s1. The Morgan fingerprint density at radius 3 is 1.76 bits per heavy atom.